The number of halogens is 2. The van der Waals surface area contributed by atoms with Gasteiger partial charge in [0.1, 0.15) is 0 Å². The summed E-state index contributed by atoms with van der Waals surface area (Å²) in [5.41, 5.74) is 3.31. The Bertz CT molecular complexity index is 570. The van der Waals surface area contributed by atoms with E-state index in [1.54, 1.807) is 11.3 Å². The molecule has 0 amide bonds. The Kier molecular flexibility index (Phi) is 4.25. The third-order valence-corrected chi connectivity index (χ3v) is 4.76. The lowest BCUT2D eigenvalue weighted by atomic mass is 10.2. The van der Waals surface area contributed by atoms with Gasteiger partial charge in [0.25, 0.3) is 0 Å². The van der Waals surface area contributed by atoms with Crippen molar-refractivity contribution < 1.29 is 0 Å². The van der Waals surface area contributed by atoms with Crippen LogP contribution >= 0.6 is 38.9 Å². The van der Waals surface area contributed by atoms with Crippen molar-refractivity contribution >= 4 is 44.7 Å². The highest BCUT2D eigenvalue weighted by atomic mass is 79.9. The predicted octanol–water partition coefficient (Wildman–Crippen LogP) is 4.21. The molecule has 0 saturated carbocycles. The molecule has 96 valence electrons. The van der Waals surface area contributed by atoms with Crippen LogP contribution in [0.3, 0.4) is 0 Å². The quantitative estimate of drug-likeness (QED) is 0.833. The average molecular weight is 347 g/mol. The molecule has 0 spiro atoms. The van der Waals surface area contributed by atoms with Gasteiger partial charge in [-0.25, -0.2) is 0 Å². The van der Waals surface area contributed by atoms with Crippen LogP contribution in [0.5, 0.6) is 0 Å². The van der Waals surface area contributed by atoms with Crippen molar-refractivity contribution in [3.05, 3.63) is 37.1 Å². The summed E-state index contributed by atoms with van der Waals surface area (Å²) >= 11 is 11.1. The van der Waals surface area contributed by atoms with Crippen molar-refractivity contribution in [2.45, 2.75) is 20.4 Å². The normalized spacial score (nSPS) is 10.7. The van der Waals surface area contributed by atoms with Crippen LogP contribution in [-0.4, -0.2) is 17.2 Å². The zero-order chi connectivity index (χ0) is 13.3. The van der Waals surface area contributed by atoms with E-state index in [9.17, 15) is 0 Å². The van der Waals surface area contributed by atoms with E-state index in [0.29, 0.717) is 5.15 Å². The molecule has 0 bridgehead atoms. The Morgan fingerprint density at radius 2 is 2.06 bits per heavy atom. The molecule has 0 aliphatic carbocycles. The molecule has 0 fully saturated rings. The van der Waals surface area contributed by atoms with E-state index in [2.05, 4.69) is 42.5 Å². The Hall–Kier alpha value is -0.650. The molecule has 0 aromatic carbocycles. The van der Waals surface area contributed by atoms with E-state index in [0.717, 1.165) is 27.3 Å². The van der Waals surface area contributed by atoms with Crippen LogP contribution in [0.4, 0.5) is 5.82 Å². The van der Waals surface area contributed by atoms with Crippen molar-refractivity contribution in [3.8, 4) is 0 Å². The van der Waals surface area contributed by atoms with Crippen LogP contribution in [0.25, 0.3) is 0 Å². The van der Waals surface area contributed by atoms with Gasteiger partial charge in [-0.1, -0.05) is 11.6 Å². The summed E-state index contributed by atoms with van der Waals surface area (Å²) in [4.78, 5) is 2.08. The highest BCUT2D eigenvalue weighted by Gasteiger charge is 2.12. The number of nitrogens with zero attached hydrogens (tertiary/aromatic N) is 3. The van der Waals surface area contributed by atoms with Crippen molar-refractivity contribution in [1.29, 1.82) is 0 Å². The fourth-order valence-corrected chi connectivity index (χ4v) is 3.08. The standard InChI is InChI=1S/C12H13BrClN3S/c1-7-8(2)12(16-15-11(7)14)17(3)5-9-4-10(13)18-6-9/h4,6H,5H2,1-3H3. The molecule has 2 rings (SSSR count). The predicted molar refractivity (Wildman–Crippen MR) is 80.6 cm³/mol. The molecular weight excluding hydrogens is 334 g/mol. The van der Waals surface area contributed by atoms with Gasteiger partial charge in [-0.3, -0.25) is 0 Å². The second-order valence-electron chi connectivity index (χ2n) is 4.18. The Balaban J connectivity index is 2.24. The fourth-order valence-electron chi connectivity index (χ4n) is 1.70. The van der Waals surface area contributed by atoms with Crippen LogP contribution in [0, 0.1) is 13.8 Å². The van der Waals surface area contributed by atoms with E-state index in [1.165, 1.54) is 5.56 Å². The van der Waals surface area contributed by atoms with Gasteiger partial charge in [-0.15, -0.1) is 21.5 Å². The molecule has 18 heavy (non-hydrogen) atoms. The van der Waals surface area contributed by atoms with Crippen LogP contribution in [0.1, 0.15) is 16.7 Å². The average Bonchev–Trinajstić information content (AvgIpc) is 2.71. The summed E-state index contributed by atoms with van der Waals surface area (Å²) in [6, 6.07) is 2.12. The summed E-state index contributed by atoms with van der Waals surface area (Å²) in [5.74, 6) is 0.874. The van der Waals surface area contributed by atoms with Gasteiger partial charge in [0.15, 0.2) is 11.0 Å². The van der Waals surface area contributed by atoms with Crippen molar-refractivity contribution in [2.24, 2.45) is 0 Å². The van der Waals surface area contributed by atoms with Gasteiger partial charge < -0.3 is 4.90 Å². The highest BCUT2D eigenvalue weighted by molar-refractivity contribution is 9.11. The zero-order valence-electron chi connectivity index (χ0n) is 10.4. The Morgan fingerprint density at radius 3 is 2.67 bits per heavy atom. The Labute approximate surface area is 124 Å². The second-order valence-corrected chi connectivity index (χ2v) is 6.83. The number of hydrogen-bond acceptors (Lipinski definition) is 4. The van der Waals surface area contributed by atoms with E-state index in [1.807, 2.05) is 20.9 Å². The minimum atomic E-state index is 0.475. The van der Waals surface area contributed by atoms with Crippen LogP contribution in [0.2, 0.25) is 5.15 Å². The molecule has 0 aliphatic rings. The fraction of sp³-hybridized carbons (Fsp3) is 0.333. The van der Waals surface area contributed by atoms with Gasteiger partial charge in [0.2, 0.25) is 0 Å². The van der Waals surface area contributed by atoms with Gasteiger partial charge in [-0.05, 0) is 57.9 Å². The SMILES string of the molecule is Cc1c(Cl)nnc(N(C)Cc2csc(Br)c2)c1C. The summed E-state index contributed by atoms with van der Waals surface area (Å²) in [5, 5.41) is 10.8. The van der Waals surface area contributed by atoms with Crippen LogP contribution < -0.4 is 4.90 Å². The highest BCUT2D eigenvalue weighted by Crippen LogP contribution is 2.26. The number of aromatic nitrogens is 2. The third-order valence-electron chi connectivity index (χ3n) is 2.84. The summed E-state index contributed by atoms with van der Waals surface area (Å²) in [7, 11) is 2.01. The van der Waals surface area contributed by atoms with Crippen molar-refractivity contribution in [1.82, 2.24) is 10.2 Å². The van der Waals surface area contributed by atoms with E-state index in [-0.39, 0.29) is 0 Å². The number of anilines is 1. The zero-order valence-corrected chi connectivity index (χ0v) is 13.5. The summed E-state index contributed by atoms with van der Waals surface area (Å²) in [6.45, 7) is 4.79. The molecule has 0 N–H and O–H groups in total. The molecule has 2 aromatic rings. The molecule has 0 saturated heterocycles. The topological polar surface area (TPSA) is 29.0 Å². The van der Waals surface area contributed by atoms with Gasteiger partial charge >= 0.3 is 0 Å². The first-order valence-electron chi connectivity index (χ1n) is 5.42. The lowest BCUT2D eigenvalue weighted by molar-refractivity contribution is 0.855. The van der Waals surface area contributed by atoms with Gasteiger partial charge in [-0.2, -0.15) is 0 Å². The maximum Gasteiger partial charge on any atom is 0.155 e. The first-order chi connectivity index (χ1) is 8.49. The minimum Gasteiger partial charge on any atom is -0.354 e. The van der Waals surface area contributed by atoms with E-state index < -0.39 is 0 Å². The van der Waals surface area contributed by atoms with E-state index in [4.69, 9.17) is 11.6 Å². The number of thiophene rings is 1. The molecule has 3 nitrogen and oxygen atoms in total. The largest absolute Gasteiger partial charge is 0.354 e. The lowest BCUT2D eigenvalue weighted by Crippen LogP contribution is -2.19. The van der Waals surface area contributed by atoms with Crippen molar-refractivity contribution in [3.63, 3.8) is 0 Å². The maximum atomic E-state index is 5.96. The molecule has 0 atom stereocenters. The molecule has 2 heterocycles. The van der Waals surface area contributed by atoms with Crippen LogP contribution in [-0.2, 0) is 6.54 Å². The monoisotopic (exact) mass is 345 g/mol. The molecule has 0 radical (unpaired) electrons. The smallest absolute Gasteiger partial charge is 0.155 e. The third kappa shape index (κ3) is 2.84. The van der Waals surface area contributed by atoms with Gasteiger partial charge in [0, 0.05) is 13.6 Å². The van der Waals surface area contributed by atoms with E-state index >= 15 is 0 Å². The number of hydrogen-bond donors (Lipinski definition) is 0. The summed E-state index contributed by atoms with van der Waals surface area (Å²) in [6.07, 6.45) is 0. The maximum absolute atomic E-state index is 5.96. The molecule has 0 unspecified atom stereocenters. The first kappa shape index (κ1) is 13.8. The second kappa shape index (κ2) is 5.55. The Morgan fingerprint density at radius 1 is 1.33 bits per heavy atom. The van der Waals surface area contributed by atoms with Crippen molar-refractivity contribution in [2.75, 3.05) is 11.9 Å². The summed E-state index contributed by atoms with van der Waals surface area (Å²) < 4.78 is 1.14. The lowest BCUT2D eigenvalue weighted by Gasteiger charge is -2.20. The molecule has 2 aromatic heterocycles. The number of rotatable bonds is 3. The van der Waals surface area contributed by atoms with Gasteiger partial charge in [0.05, 0.1) is 3.79 Å². The molecular formula is C12H13BrClN3S. The molecule has 0 aliphatic heterocycles. The molecule has 6 heteroatoms. The first-order valence-corrected chi connectivity index (χ1v) is 7.47. The minimum absolute atomic E-state index is 0.475. The van der Waals surface area contributed by atoms with Crippen LogP contribution in [0.15, 0.2) is 15.2 Å².